The first-order valence-corrected chi connectivity index (χ1v) is 9.76. The van der Waals surface area contributed by atoms with Crippen molar-refractivity contribution in [3.05, 3.63) is 69.7 Å². The summed E-state index contributed by atoms with van der Waals surface area (Å²) in [7, 11) is 0. The van der Waals surface area contributed by atoms with Crippen LogP contribution in [-0.4, -0.2) is 34.0 Å². The third-order valence-electron chi connectivity index (χ3n) is 4.89. The van der Waals surface area contributed by atoms with E-state index in [-0.39, 0.29) is 17.4 Å². The van der Waals surface area contributed by atoms with E-state index in [0.717, 1.165) is 10.3 Å². The van der Waals surface area contributed by atoms with E-state index in [0.29, 0.717) is 36.8 Å². The predicted octanol–water partition coefficient (Wildman–Crippen LogP) is 3.53. The van der Waals surface area contributed by atoms with Crippen molar-refractivity contribution in [3.8, 4) is 10.8 Å². The van der Waals surface area contributed by atoms with Gasteiger partial charge in [0.2, 0.25) is 0 Å². The number of hydrogen-bond acceptors (Lipinski definition) is 7. The standard InChI is InChI=1S/C20H15N3O4S/c24-19(14-10-12-4-1-2-5-15(12)26-20(14)25)23-8-7-13(11-23)17-21-18(27-22-17)16-6-3-9-28-16/h1-6,9-10,13H,7-8,11H2. The molecular weight excluding hydrogens is 378 g/mol. The quantitative estimate of drug-likeness (QED) is 0.495. The smallest absolute Gasteiger partial charge is 0.349 e. The Balaban J connectivity index is 1.37. The monoisotopic (exact) mass is 393 g/mol. The summed E-state index contributed by atoms with van der Waals surface area (Å²) in [6.07, 6.45) is 0.716. The SMILES string of the molecule is O=C(c1cc2ccccc2oc1=O)N1CCC(c2noc(-c3cccs3)n2)C1. The predicted molar refractivity (Wildman–Crippen MR) is 103 cm³/mol. The molecular formula is C20H15N3O4S. The molecule has 140 valence electrons. The summed E-state index contributed by atoms with van der Waals surface area (Å²) in [6.45, 7) is 0.965. The summed E-state index contributed by atoms with van der Waals surface area (Å²) in [6, 6.07) is 12.6. The molecule has 1 saturated heterocycles. The fourth-order valence-electron chi connectivity index (χ4n) is 3.44. The van der Waals surface area contributed by atoms with Gasteiger partial charge in [-0.1, -0.05) is 29.4 Å². The summed E-state index contributed by atoms with van der Waals surface area (Å²) >= 11 is 1.53. The summed E-state index contributed by atoms with van der Waals surface area (Å²) in [5.74, 6) is 0.729. The highest BCUT2D eigenvalue weighted by atomic mass is 32.1. The largest absolute Gasteiger partial charge is 0.422 e. The topological polar surface area (TPSA) is 89.4 Å². The zero-order valence-electron chi connectivity index (χ0n) is 14.7. The number of rotatable bonds is 3. The number of amides is 1. The Bertz CT molecular complexity index is 1210. The fourth-order valence-corrected chi connectivity index (χ4v) is 4.08. The van der Waals surface area contributed by atoms with Crippen molar-refractivity contribution >= 4 is 28.2 Å². The highest BCUT2D eigenvalue weighted by molar-refractivity contribution is 7.13. The number of aromatic nitrogens is 2. The van der Waals surface area contributed by atoms with Crippen molar-refractivity contribution in [1.82, 2.24) is 15.0 Å². The van der Waals surface area contributed by atoms with Gasteiger partial charge in [-0.05, 0) is 30.0 Å². The average molecular weight is 393 g/mol. The van der Waals surface area contributed by atoms with Crippen LogP contribution in [0.1, 0.15) is 28.5 Å². The lowest BCUT2D eigenvalue weighted by Gasteiger charge is -2.15. The zero-order chi connectivity index (χ0) is 19.1. The molecule has 1 atom stereocenters. The molecule has 1 fully saturated rings. The average Bonchev–Trinajstić information content (AvgIpc) is 3.47. The maximum Gasteiger partial charge on any atom is 0.349 e. The normalized spacial score (nSPS) is 16.7. The maximum absolute atomic E-state index is 12.9. The Morgan fingerprint density at radius 2 is 2.11 bits per heavy atom. The minimum atomic E-state index is -0.619. The molecule has 1 amide bonds. The van der Waals surface area contributed by atoms with E-state index >= 15 is 0 Å². The van der Waals surface area contributed by atoms with E-state index in [1.54, 1.807) is 23.1 Å². The van der Waals surface area contributed by atoms with Gasteiger partial charge >= 0.3 is 5.63 Å². The van der Waals surface area contributed by atoms with Crippen molar-refractivity contribution in [1.29, 1.82) is 0 Å². The molecule has 0 N–H and O–H groups in total. The van der Waals surface area contributed by atoms with Crippen LogP contribution in [0, 0.1) is 0 Å². The minimum Gasteiger partial charge on any atom is -0.422 e. The molecule has 28 heavy (non-hydrogen) atoms. The first kappa shape index (κ1) is 16.9. The number of fused-ring (bicyclic) bond motifs is 1. The third kappa shape index (κ3) is 2.91. The van der Waals surface area contributed by atoms with Crippen LogP contribution in [0.25, 0.3) is 21.7 Å². The van der Waals surface area contributed by atoms with Crippen LogP contribution in [-0.2, 0) is 0 Å². The lowest BCUT2D eigenvalue weighted by molar-refractivity contribution is 0.0786. The van der Waals surface area contributed by atoms with Crippen molar-refractivity contribution in [2.24, 2.45) is 0 Å². The molecule has 0 saturated carbocycles. The number of thiophene rings is 1. The second kappa shape index (κ2) is 6.72. The molecule has 1 aliphatic heterocycles. The van der Waals surface area contributed by atoms with E-state index < -0.39 is 5.63 Å². The molecule has 0 bridgehead atoms. The molecule has 1 aliphatic rings. The van der Waals surface area contributed by atoms with Crippen LogP contribution >= 0.6 is 11.3 Å². The molecule has 4 aromatic rings. The first-order valence-electron chi connectivity index (χ1n) is 8.89. The van der Waals surface area contributed by atoms with E-state index in [1.807, 2.05) is 29.6 Å². The number of para-hydroxylation sites is 1. The molecule has 1 aromatic carbocycles. The van der Waals surface area contributed by atoms with Gasteiger partial charge in [0.15, 0.2) is 5.82 Å². The molecule has 3 aromatic heterocycles. The van der Waals surface area contributed by atoms with E-state index in [1.165, 1.54) is 11.3 Å². The van der Waals surface area contributed by atoms with Gasteiger partial charge < -0.3 is 13.8 Å². The second-order valence-corrected chi connectivity index (χ2v) is 7.60. The number of hydrogen-bond donors (Lipinski definition) is 0. The molecule has 7 nitrogen and oxygen atoms in total. The number of benzene rings is 1. The first-order chi connectivity index (χ1) is 13.7. The maximum atomic E-state index is 12.9. The molecule has 0 spiro atoms. The number of carbonyl (C=O) groups excluding carboxylic acids is 1. The van der Waals surface area contributed by atoms with Crippen LogP contribution in [0.2, 0.25) is 0 Å². The zero-order valence-corrected chi connectivity index (χ0v) is 15.5. The highest BCUT2D eigenvalue weighted by Crippen LogP contribution is 2.29. The molecule has 1 unspecified atom stereocenters. The summed E-state index contributed by atoms with van der Waals surface area (Å²) in [5.41, 5.74) is -0.102. The van der Waals surface area contributed by atoms with Crippen LogP contribution < -0.4 is 5.63 Å². The molecule has 5 rings (SSSR count). The van der Waals surface area contributed by atoms with E-state index in [2.05, 4.69) is 10.1 Å². The van der Waals surface area contributed by atoms with E-state index in [4.69, 9.17) is 8.94 Å². The number of likely N-dealkylation sites (tertiary alicyclic amines) is 1. The van der Waals surface area contributed by atoms with Gasteiger partial charge in [0, 0.05) is 24.4 Å². The van der Waals surface area contributed by atoms with Gasteiger partial charge in [-0.25, -0.2) is 4.79 Å². The van der Waals surface area contributed by atoms with Gasteiger partial charge in [-0.2, -0.15) is 4.98 Å². The summed E-state index contributed by atoms with van der Waals surface area (Å²) in [5, 5.41) is 6.75. The Kier molecular flexibility index (Phi) is 4.05. The van der Waals surface area contributed by atoms with Crippen molar-refractivity contribution in [2.45, 2.75) is 12.3 Å². The molecule has 0 aliphatic carbocycles. The van der Waals surface area contributed by atoms with Gasteiger partial charge in [0.05, 0.1) is 4.88 Å². The molecule has 0 radical (unpaired) electrons. The van der Waals surface area contributed by atoms with Crippen LogP contribution in [0.15, 0.2) is 61.6 Å². The van der Waals surface area contributed by atoms with Gasteiger partial charge in [0.1, 0.15) is 11.1 Å². The van der Waals surface area contributed by atoms with Gasteiger partial charge in [-0.15, -0.1) is 11.3 Å². The second-order valence-electron chi connectivity index (χ2n) is 6.66. The van der Waals surface area contributed by atoms with Gasteiger partial charge in [0.25, 0.3) is 11.8 Å². The van der Waals surface area contributed by atoms with E-state index in [9.17, 15) is 9.59 Å². The molecule has 8 heteroatoms. The molecule has 4 heterocycles. The van der Waals surface area contributed by atoms with Crippen molar-refractivity contribution < 1.29 is 13.7 Å². The summed E-state index contributed by atoms with van der Waals surface area (Å²) < 4.78 is 10.6. The van der Waals surface area contributed by atoms with Crippen LogP contribution in [0.3, 0.4) is 0 Å². The Morgan fingerprint density at radius 1 is 1.21 bits per heavy atom. The Labute approximate surface area is 163 Å². The van der Waals surface area contributed by atoms with Crippen molar-refractivity contribution in [2.75, 3.05) is 13.1 Å². The fraction of sp³-hybridized carbons (Fsp3) is 0.200. The lowest BCUT2D eigenvalue weighted by Crippen LogP contribution is -2.32. The number of carbonyl (C=O) groups is 1. The van der Waals surface area contributed by atoms with Crippen LogP contribution in [0.5, 0.6) is 0 Å². The summed E-state index contributed by atoms with van der Waals surface area (Å²) in [4.78, 5) is 32.2. The minimum absolute atomic E-state index is 0.0195. The van der Waals surface area contributed by atoms with Crippen LogP contribution in [0.4, 0.5) is 0 Å². The van der Waals surface area contributed by atoms with Crippen molar-refractivity contribution in [3.63, 3.8) is 0 Å². The lowest BCUT2D eigenvalue weighted by atomic mass is 10.1. The third-order valence-corrected chi connectivity index (χ3v) is 5.74. The van der Waals surface area contributed by atoms with Gasteiger partial charge in [-0.3, -0.25) is 4.79 Å². The number of nitrogens with zero attached hydrogens (tertiary/aromatic N) is 3. The Hall–Kier alpha value is -3.26. The highest BCUT2D eigenvalue weighted by Gasteiger charge is 2.32. The Morgan fingerprint density at radius 3 is 2.96 bits per heavy atom.